The van der Waals surface area contributed by atoms with Gasteiger partial charge in [-0.2, -0.15) is 0 Å². The number of rotatable bonds is 8. The molecule has 1 unspecified atom stereocenters. The van der Waals surface area contributed by atoms with E-state index in [1.165, 1.54) is 0 Å². The van der Waals surface area contributed by atoms with Crippen LogP contribution in [0.25, 0.3) is 0 Å². The molecule has 0 radical (unpaired) electrons. The molecule has 0 aromatic heterocycles. The third-order valence-electron chi connectivity index (χ3n) is 2.54. The first-order valence-corrected chi connectivity index (χ1v) is 5.76. The number of carbonyl (C=O) groups excluding carboxylic acids is 1. The van der Waals surface area contributed by atoms with Gasteiger partial charge in [-0.05, 0) is 25.4 Å². The first kappa shape index (κ1) is 13.4. The van der Waals surface area contributed by atoms with Crippen LogP contribution in [-0.4, -0.2) is 52.6 Å². The second kappa shape index (κ2) is 8.50. The Bertz CT molecular complexity index is 192. The summed E-state index contributed by atoms with van der Waals surface area (Å²) in [7, 11) is 1.62. The largest absolute Gasteiger partial charge is 0.463 e. The van der Waals surface area contributed by atoms with Gasteiger partial charge in [0.05, 0.1) is 19.8 Å². The lowest BCUT2D eigenvalue weighted by atomic mass is 10.1. The second-order valence-corrected chi connectivity index (χ2v) is 3.89. The lowest BCUT2D eigenvalue weighted by Gasteiger charge is -2.08. The summed E-state index contributed by atoms with van der Waals surface area (Å²) in [6.45, 7) is 3.83. The molecule has 1 rings (SSSR count). The Hall–Kier alpha value is -0.650. The molecule has 5 nitrogen and oxygen atoms in total. The number of methoxy groups -OCH3 is 1. The molecule has 1 fully saturated rings. The first-order chi connectivity index (χ1) is 7.83. The summed E-state index contributed by atoms with van der Waals surface area (Å²) in [5.41, 5.74) is 0. The Morgan fingerprint density at radius 2 is 2.12 bits per heavy atom. The molecule has 1 heterocycles. The van der Waals surface area contributed by atoms with Crippen molar-refractivity contribution < 1.29 is 19.0 Å². The molecule has 1 aliphatic rings. The van der Waals surface area contributed by atoms with E-state index in [0.29, 0.717) is 38.8 Å². The van der Waals surface area contributed by atoms with Crippen molar-refractivity contribution >= 4 is 5.97 Å². The van der Waals surface area contributed by atoms with Crippen LogP contribution >= 0.6 is 0 Å². The maximum atomic E-state index is 11.4. The summed E-state index contributed by atoms with van der Waals surface area (Å²) >= 11 is 0. The number of nitrogens with one attached hydrogen (secondary N) is 1. The van der Waals surface area contributed by atoms with Crippen molar-refractivity contribution in [1.82, 2.24) is 5.32 Å². The van der Waals surface area contributed by atoms with Crippen molar-refractivity contribution in [1.29, 1.82) is 0 Å². The molecule has 1 aliphatic heterocycles. The van der Waals surface area contributed by atoms with Crippen LogP contribution in [0.2, 0.25) is 0 Å². The zero-order chi connectivity index (χ0) is 11.6. The lowest BCUT2D eigenvalue weighted by Crippen LogP contribution is -2.17. The van der Waals surface area contributed by atoms with E-state index in [0.717, 1.165) is 19.5 Å². The van der Waals surface area contributed by atoms with E-state index < -0.39 is 0 Å². The van der Waals surface area contributed by atoms with Crippen LogP contribution in [0, 0.1) is 5.92 Å². The molecule has 1 saturated heterocycles. The van der Waals surface area contributed by atoms with Gasteiger partial charge in [0.15, 0.2) is 0 Å². The second-order valence-electron chi connectivity index (χ2n) is 3.89. The van der Waals surface area contributed by atoms with Gasteiger partial charge in [-0.3, -0.25) is 4.79 Å². The number of esters is 1. The van der Waals surface area contributed by atoms with E-state index in [4.69, 9.17) is 14.2 Å². The molecule has 1 N–H and O–H groups in total. The predicted molar refractivity (Wildman–Crippen MR) is 59.2 cm³/mol. The summed E-state index contributed by atoms with van der Waals surface area (Å²) in [5, 5.41) is 3.22. The van der Waals surface area contributed by atoms with Crippen molar-refractivity contribution in [3.63, 3.8) is 0 Å². The molecule has 16 heavy (non-hydrogen) atoms. The third-order valence-corrected chi connectivity index (χ3v) is 2.54. The van der Waals surface area contributed by atoms with Crippen molar-refractivity contribution in [3.8, 4) is 0 Å². The van der Waals surface area contributed by atoms with Crippen LogP contribution in [0.1, 0.15) is 12.8 Å². The van der Waals surface area contributed by atoms with Crippen LogP contribution in [0.3, 0.4) is 0 Å². The normalized spacial score (nSPS) is 19.9. The fraction of sp³-hybridized carbons (Fsp3) is 0.909. The van der Waals surface area contributed by atoms with Crippen molar-refractivity contribution in [2.45, 2.75) is 12.8 Å². The van der Waals surface area contributed by atoms with Crippen LogP contribution in [0.15, 0.2) is 0 Å². The van der Waals surface area contributed by atoms with E-state index >= 15 is 0 Å². The Morgan fingerprint density at radius 1 is 1.31 bits per heavy atom. The third kappa shape index (κ3) is 6.05. The Labute approximate surface area is 96.4 Å². The average molecular weight is 231 g/mol. The first-order valence-electron chi connectivity index (χ1n) is 5.76. The summed E-state index contributed by atoms with van der Waals surface area (Å²) in [4.78, 5) is 11.4. The lowest BCUT2D eigenvalue weighted by molar-refractivity contribution is -0.146. The summed E-state index contributed by atoms with van der Waals surface area (Å²) in [5.74, 6) is 0.325. The molecule has 1 atom stereocenters. The number of hydrogen-bond donors (Lipinski definition) is 1. The Balaban J connectivity index is 1.89. The predicted octanol–water partition coefficient (Wildman–Crippen LogP) is 0.192. The maximum absolute atomic E-state index is 11.4. The Morgan fingerprint density at radius 3 is 2.81 bits per heavy atom. The smallest absolute Gasteiger partial charge is 0.306 e. The summed E-state index contributed by atoms with van der Waals surface area (Å²) < 4.78 is 15.0. The highest BCUT2D eigenvalue weighted by molar-refractivity contribution is 5.69. The SMILES string of the molecule is COCCOCCOC(=O)CC1CCNC1. The molecule has 0 amide bonds. The fourth-order valence-corrected chi connectivity index (χ4v) is 1.64. The number of ether oxygens (including phenoxy) is 3. The molecule has 0 spiro atoms. The van der Waals surface area contributed by atoms with Crippen molar-refractivity contribution in [2.24, 2.45) is 5.92 Å². The minimum Gasteiger partial charge on any atom is -0.463 e. The van der Waals surface area contributed by atoms with Gasteiger partial charge in [-0.25, -0.2) is 0 Å². The zero-order valence-corrected chi connectivity index (χ0v) is 9.87. The molecule has 0 aromatic carbocycles. The number of carbonyl (C=O) groups is 1. The van der Waals surface area contributed by atoms with Gasteiger partial charge in [0.1, 0.15) is 6.61 Å². The van der Waals surface area contributed by atoms with Crippen LogP contribution in [0.4, 0.5) is 0 Å². The van der Waals surface area contributed by atoms with E-state index in [1.54, 1.807) is 7.11 Å². The number of hydrogen-bond acceptors (Lipinski definition) is 5. The van der Waals surface area contributed by atoms with Crippen molar-refractivity contribution in [2.75, 3.05) is 46.6 Å². The van der Waals surface area contributed by atoms with Crippen LogP contribution in [0.5, 0.6) is 0 Å². The summed E-state index contributed by atoms with van der Waals surface area (Å²) in [6, 6.07) is 0. The fourth-order valence-electron chi connectivity index (χ4n) is 1.64. The average Bonchev–Trinajstić information content (AvgIpc) is 2.76. The van der Waals surface area contributed by atoms with Gasteiger partial charge in [0, 0.05) is 13.5 Å². The molecule has 0 saturated carbocycles. The van der Waals surface area contributed by atoms with E-state index in [-0.39, 0.29) is 5.97 Å². The van der Waals surface area contributed by atoms with Gasteiger partial charge < -0.3 is 19.5 Å². The minimum absolute atomic E-state index is 0.121. The van der Waals surface area contributed by atoms with Gasteiger partial charge in [-0.15, -0.1) is 0 Å². The molecule has 5 heteroatoms. The minimum atomic E-state index is -0.121. The van der Waals surface area contributed by atoms with E-state index in [9.17, 15) is 4.79 Å². The van der Waals surface area contributed by atoms with Gasteiger partial charge in [0.25, 0.3) is 0 Å². The molecule has 94 valence electrons. The van der Waals surface area contributed by atoms with Crippen LogP contribution in [-0.2, 0) is 19.0 Å². The van der Waals surface area contributed by atoms with E-state index in [1.807, 2.05) is 0 Å². The standard InChI is InChI=1S/C11H21NO4/c1-14-4-5-15-6-7-16-11(13)8-10-2-3-12-9-10/h10,12H,2-9H2,1H3. The molecule has 0 bridgehead atoms. The van der Waals surface area contributed by atoms with Crippen molar-refractivity contribution in [3.05, 3.63) is 0 Å². The quantitative estimate of drug-likeness (QED) is 0.477. The molecule has 0 aromatic rings. The van der Waals surface area contributed by atoms with E-state index in [2.05, 4.69) is 5.32 Å². The molecular weight excluding hydrogens is 210 g/mol. The zero-order valence-electron chi connectivity index (χ0n) is 9.87. The van der Waals surface area contributed by atoms with Gasteiger partial charge in [-0.1, -0.05) is 0 Å². The highest BCUT2D eigenvalue weighted by atomic mass is 16.6. The molecule has 0 aliphatic carbocycles. The monoisotopic (exact) mass is 231 g/mol. The highest BCUT2D eigenvalue weighted by Crippen LogP contribution is 2.12. The Kier molecular flexibility index (Phi) is 7.12. The topological polar surface area (TPSA) is 56.8 Å². The van der Waals surface area contributed by atoms with Gasteiger partial charge in [0.2, 0.25) is 0 Å². The van der Waals surface area contributed by atoms with Crippen LogP contribution < -0.4 is 5.32 Å². The summed E-state index contributed by atoms with van der Waals surface area (Å²) in [6.07, 6.45) is 1.59. The molecular formula is C11H21NO4. The van der Waals surface area contributed by atoms with Gasteiger partial charge >= 0.3 is 5.97 Å². The highest BCUT2D eigenvalue weighted by Gasteiger charge is 2.18. The maximum Gasteiger partial charge on any atom is 0.306 e.